The second-order valence-electron chi connectivity index (χ2n) is 8.34. The highest BCUT2D eigenvalue weighted by Crippen LogP contribution is 2.27. The summed E-state index contributed by atoms with van der Waals surface area (Å²) < 4.78 is 33.2. The van der Waals surface area contributed by atoms with E-state index in [1.165, 1.54) is 23.4 Å². The number of piperidine rings is 1. The fourth-order valence-corrected chi connectivity index (χ4v) is 5.52. The quantitative estimate of drug-likeness (QED) is 0.659. The number of benzene rings is 2. The lowest BCUT2D eigenvalue weighted by molar-refractivity contribution is -0.123. The first kappa shape index (κ1) is 23.9. The van der Waals surface area contributed by atoms with Crippen molar-refractivity contribution in [3.63, 3.8) is 0 Å². The molecule has 0 radical (unpaired) electrons. The van der Waals surface area contributed by atoms with Crippen LogP contribution < -0.4 is 5.32 Å². The zero-order valence-corrected chi connectivity index (χ0v) is 19.7. The van der Waals surface area contributed by atoms with Crippen molar-refractivity contribution in [1.29, 1.82) is 0 Å². The van der Waals surface area contributed by atoms with Crippen molar-refractivity contribution < 1.29 is 22.7 Å². The molecule has 2 atom stereocenters. The number of aryl methyl sites for hydroxylation is 2. The molecule has 172 valence electrons. The van der Waals surface area contributed by atoms with E-state index in [9.17, 15) is 18.0 Å². The van der Waals surface area contributed by atoms with Crippen LogP contribution in [-0.2, 0) is 19.6 Å². The van der Waals surface area contributed by atoms with Crippen LogP contribution in [0.1, 0.15) is 54.6 Å². The molecule has 1 aliphatic heterocycles. The van der Waals surface area contributed by atoms with Gasteiger partial charge in [0.2, 0.25) is 10.0 Å². The molecule has 1 heterocycles. The summed E-state index contributed by atoms with van der Waals surface area (Å²) in [6.07, 6.45) is 1.58. The Balaban J connectivity index is 1.75. The summed E-state index contributed by atoms with van der Waals surface area (Å²) in [6.45, 7) is 7.46. The molecular weight excluding hydrogens is 428 g/mol. The third-order valence-electron chi connectivity index (χ3n) is 5.72. The average molecular weight is 459 g/mol. The molecule has 0 aliphatic carbocycles. The van der Waals surface area contributed by atoms with Crippen LogP contribution in [0.3, 0.4) is 0 Å². The summed E-state index contributed by atoms with van der Waals surface area (Å²) in [4.78, 5) is 25.3. The van der Waals surface area contributed by atoms with Crippen LogP contribution in [0, 0.1) is 13.8 Å². The molecule has 3 rings (SSSR count). The van der Waals surface area contributed by atoms with Crippen LogP contribution in [0.5, 0.6) is 0 Å². The highest BCUT2D eigenvalue weighted by molar-refractivity contribution is 7.89. The highest BCUT2D eigenvalue weighted by atomic mass is 32.2. The smallest absolute Gasteiger partial charge is 0.339 e. The molecule has 2 aromatic carbocycles. The van der Waals surface area contributed by atoms with Crippen LogP contribution in [-0.4, -0.2) is 43.3 Å². The molecule has 1 fully saturated rings. The molecule has 1 N–H and O–H groups in total. The van der Waals surface area contributed by atoms with Crippen molar-refractivity contribution in [2.24, 2.45) is 0 Å². The number of nitrogens with one attached hydrogen (secondary N) is 1. The number of hydrogen-bond donors (Lipinski definition) is 1. The van der Waals surface area contributed by atoms with Gasteiger partial charge in [-0.2, -0.15) is 4.31 Å². The Morgan fingerprint density at radius 1 is 1.12 bits per heavy atom. The van der Waals surface area contributed by atoms with Gasteiger partial charge in [0.05, 0.1) is 10.5 Å². The number of carbonyl (C=O) groups is 2. The Labute approximate surface area is 189 Å². The van der Waals surface area contributed by atoms with Gasteiger partial charge in [0.1, 0.15) is 0 Å². The Hall–Kier alpha value is -2.71. The van der Waals surface area contributed by atoms with E-state index >= 15 is 0 Å². The maximum absolute atomic E-state index is 13.2. The molecule has 0 saturated carbocycles. The number of amides is 1. The number of esters is 1. The van der Waals surface area contributed by atoms with Gasteiger partial charge in [-0.15, -0.1) is 0 Å². The second-order valence-corrected chi connectivity index (χ2v) is 10.2. The van der Waals surface area contributed by atoms with E-state index in [1.807, 2.05) is 32.0 Å². The Morgan fingerprint density at radius 3 is 2.56 bits per heavy atom. The van der Waals surface area contributed by atoms with Crippen molar-refractivity contribution in [3.8, 4) is 0 Å². The topological polar surface area (TPSA) is 92.8 Å². The lowest BCUT2D eigenvalue weighted by atomic mass is 10.1. The first-order chi connectivity index (χ1) is 15.1. The Kier molecular flexibility index (Phi) is 7.36. The van der Waals surface area contributed by atoms with Crippen LogP contribution in [0.25, 0.3) is 0 Å². The minimum absolute atomic E-state index is 0.0562. The fraction of sp³-hybridized carbons (Fsp3) is 0.417. The first-order valence-corrected chi connectivity index (χ1v) is 12.2. The van der Waals surface area contributed by atoms with Crippen LogP contribution in [0.15, 0.2) is 47.4 Å². The number of rotatable bonds is 6. The number of nitrogens with zero attached hydrogens (tertiary/aromatic N) is 1. The van der Waals surface area contributed by atoms with Gasteiger partial charge in [0, 0.05) is 18.3 Å². The highest BCUT2D eigenvalue weighted by Gasteiger charge is 2.32. The molecule has 0 bridgehead atoms. The molecule has 1 aliphatic rings. The predicted molar refractivity (Wildman–Crippen MR) is 123 cm³/mol. The van der Waals surface area contributed by atoms with E-state index in [0.29, 0.717) is 17.8 Å². The maximum Gasteiger partial charge on any atom is 0.339 e. The normalized spacial score (nSPS) is 18.1. The van der Waals surface area contributed by atoms with E-state index in [4.69, 9.17) is 4.74 Å². The van der Waals surface area contributed by atoms with Gasteiger partial charge in [-0.05, 0) is 75.9 Å². The molecule has 7 nitrogen and oxygen atoms in total. The molecule has 32 heavy (non-hydrogen) atoms. The maximum atomic E-state index is 13.2. The molecule has 2 unspecified atom stereocenters. The minimum atomic E-state index is -3.73. The molecule has 0 aromatic heterocycles. The van der Waals surface area contributed by atoms with Gasteiger partial charge in [0.25, 0.3) is 5.91 Å². The van der Waals surface area contributed by atoms with E-state index < -0.39 is 28.0 Å². The molecular formula is C24H30N2O5S. The van der Waals surface area contributed by atoms with Gasteiger partial charge >= 0.3 is 5.97 Å². The zero-order valence-electron chi connectivity index (χ0n) is 18.9. The Bertz CT molecular complexity index is 1110. The van der Waals surface area contributed by atoms with Crippen molar-refractivity contribution in [2.45, 2.75) is 64.0 Å². The van der Waals surface area contributed by atoms with Crippen LogP contribution in [0.4, 0.5) is 5.69 Å². The SMILES string of the molecule is Cc1cccc(NC(=O)C(C)OC(=O)c2cc(S(=O)(=O)N3CCCCC3C)ccc2C)c1. The number of ether oxygens (including phenoxy) is 1. The molecule has 0 spiro atoms. The van der Waals surface area contributed by atoms with Crippen molar-refractivity contribution in [3.05, 3.63) is 59.2 Å². The molecule has 1 amide bonds. The fourth-order valence-electron chi connectivity index (χ4n) is 3.79. The van der Waals surface area contributed by atoms with E-state index in [1.54, 1.807) is 19.1 Å². The largest absolute Gasteiger partial charge is 0.449 e. The van der Waals surface area contributed by atoms with Crippen LogP contribution in [0.2, 0.25) is 0 Å². The van der Waals surface area contributed by atoms with Gasteiger partial charge in [-0.1, -0.05) is 24.6 Å². The standard InChI is InChI=1S/C24H30N2O5S/c1-16-8-7-10-20(14-16)25-23(27)19(4)31-24(28)22-15-21(12-11-17(22)2)32(29,30)26-13-6-5-9-18(26)3/h7-8,10-12,14-15,18-19H,5-6,9,13H2,1-4H3,(H,25,27). The molecule has 1 saturated heterocycles. The lowest BCUT2D eigenvalue weighted by Gasteiger charge is -2.32. The first-order valence-electron chi connectivity index (χ1n) is 10.8. The summed E-state index contributed by atoms with van der Waals surface area (Å²) in [5.74, 6) is -1.20. The average Bonchev–Trinajstić information content (AvgIpc) is 2.74. The minimum Gasteiger partial charge on any atom is -0.449 e. The lowest BCUT2D eigenvalue weighted by Crippen LogP contribution is -2.42. The summed E-state index contributed by atoms with van der Waals surface area (Å²) in [7, 11) is -3.73. The van der Waals surface area contributed by atoms with E-state index in [0.717, 1.165) is 24.8 Å². The van der Waals surface area contributed by atoms with E-state index in [-0.39, 0.29) is 16.5 Å². The van der Waals surface area contributed by atoms with Crippen molar-refractivity contribution >= 4 is 27.6 Å². The molecule has 2 aromatic rings. The number of hydrogen-bond acceptors (Lipinski definition) is 5. The Morgan fingerprint density at radius 2 is 1.88 bits per heavy atom. The van der Waals surface area contributed by atoms with Gasteiger partial charge in [-0.3, -0.25) is 4.79 Å². The second kappa shape index (κ2) is 9.83. The summed E-state index contributed by atoms with van der Waals surface area (Å²) in [6, 6.07) is 11.7. The summed E-state index contributed by atoms with van der Waals surface area (Å²) >= 11 is 0. The van der Waals surface area contributed by atoms with Crippen molar-refractivity contribution in [1.82, 2.24) is 4.31 Å². The van der Waals surface area contributed by atoms with Crippen LogP contribution >= 0.6 is 0 Å². The third-order valence-corrected chi connectivity index (χ3v) is 7.73. The number of sulfonamides is 1. The summed E-state index contributed by atoms with van der Waals surface area (Å²) in [5.41, 5.74) is 2.31. The van der Waals surface area contributed by atoms with E-state index in [2.05, 4.69) is 5.32 Å². The predicted octanol–water partition coefficient (Wildman–Crippen LogP) is 4.05. The van der Waals surface area contributed by atoms with Gasteiger partial charge in [-0.25, -0.2) is 13.2 Å². The zero-order chi connectivity index (χ0) is 23.5. The van der Waals surface area contributed by atoms with Gasteiger partial charge in [0.15, 0.2) is 6.10 Å². The monoisotopic (exact) mass is 458 g/mol. The number of carbonyl (C=O) groups excluding carboxylic acids is 2. The third kappa shape index (κ3) is 5.37. The summed E-state index contributed by atoms with van der Waals surface area (Å²) in [5, 5.41) is 2.72. The van der Waals surface area contributed by atoms with Gasteiger partial charge < -0.3 is 10.1 Å². The number of anilines is 1. The van der Waals surface area contributed by atoms with Crippen molar-refractivity contribution in [2.75, 3.05) is 11.9 Å². The molecule has 8 heteroatoms.